The lowest BCUT2D eigenvalue weighted by Crippen LogP contribution is -2.67. The van der Waals surface area contributed by atoms with Crippen LogP contribution in [0.1, 0.15) is 45.3 Å². The Hall–Kier alpha value is -9.15. The van der Waals surface area contributed by atoms with E-state index in [4.69, 9.17) is 40.1 Å². The lowest BCUT2D eigenvalue weighted by Gasteiger charge is -2.50. The van der Waals surface area contributed by atoms with Crippen molar-refractivity contribution in [2.24, 2.45) is 0 Å². The van der Waals surface area contributed by atoms with Crippen molar-refractivity contribution >= 4 is 6.03 Å². The molecule has 2 aromatic carbocycles. The van der Waals surface area contributed by atoms with Crippen molar-refractivity contribution in [3.8, 4) is 68.1 Å². The maximum absolute atomic E-state index is 15.2. The van der Waals surface area contributed by atoms with Crippen LogP contribution in [0.3, 0.4) is 0 Å². The third-order valence-corrected chi connectivity index (χ3v) is 16.5. The van der Waals surface area contributed by atoms with Crippen molar-refractivity contribution in [1.29, 1.82) is 0 Å². The monoisotopic (exact) mass is 1120 g/mol. The summed E-state index contributed by atoms with van der Waals surface area (Å²) in [6, 6.07) is 32.9. The number of fused-ring (bicyclic) bond motifs is 2. The zero-order chi connectivity index (χ0) is 57.2. The number of aromatic amines is 2. The highest BCUT2D eigenvalue weighted by molar-refractivity contribution is 5.82. The van der Waals surface area contributed by atoms with Crippen LogP contribution in [0, 0.1) is 25.5 Å². The quantitative estimate of drug-likeness (QED) is 0.119. The summed E-state index contributed by atoms with van der Waals surface area (Å²) >= 11 is 0. The number of carbonyl (C=O) groups is 1. The number of pyridine rings is 4. The first-order valence-electron chi connectivity index (χ1n) is 28.4. The number of hydrogen-bond acceptors (Lipinski definition) is 13. The van der Waals surface area contributed by atoms with Gasteiger partial charge in [0.1, 0.15) is 46.7 Å². The van der Waals surface area contributed by atoms with E-state index in [0.29, 0.717) is 88.5 Å². The van der Waals surface area contributed by atoms with Crippen molar-refractivity contribution in [3.63, 3.8) is 0 Å². The molecular weight excluding hydrogens is 1060 g/mol. The molecule has 21 heteroatoms. The van der Waals surface area contributed by atoms with Gasteiger partial charge < -0.3 is 29.6 Å². The predicted molar refractivity (Wildman–Crippen MR) is 313 cm³/mol. The molecule has 4 aliphatic rings. The van der Waals surface area contributed by atoms with Gasteiger partial charge >= 0.3 is 6.03 Å². The second-order valence-electron chi connectivity index (χ2n) is 22.6. The molecule has 0 aliphatic carbocycles. The first-order valence-corrected chi connectivity index (χ1v) is 28.4. The van der Waals surface area contributed by atoms with Gasteiger partial charge in [-0.25, -0.2) is 23.5 Å². The molecule has 2 N–H and O–H groups in total. The number of benzene rings is 2. The van der Waals surface area contributed by atoms with E-state index in [1.54, 1.807) is 24.5 Å². The number of H-pyrrole nitrogens is 2. The van der Waals surface area contributed by atoms with E-state index in [2.05, 4.69) is 53.5 Å². The molecule has 2 atom stereocenters. The number of carbonyl (C=O) groups excluding carboxylic acids is 1. The summed E-state index contributed by atoms with van der Waals surface area (Å²) in [5.74, 6) is 0.769. The minimum absolute atomic E-state index is 0.0422. The van der Waals surface area contributed by atoms with Crippen molar-refractivity contribution in [2.45, 2.75) is 65.4 Å². The summed E-state index contributed by atoms with van der Waals surface area (Å²) in [7, 11) is 4.25. The van der Waals surface area contributed by atoms with Gasteiger partial charge in [-0.1, -0.05) is 36.4 Å². The fourth-order valence-corrected chi connectivity index (χ4v) is 12.3. The van der Waals surface area contributed by atoms with Crippen molar-refractivity contribution in [1.82, 2.24) is 88.8 Å². The summed E-state index contributed by atoms with van der Waals surface area (Å²) in [6.07, 6.45) is 7.20. The van der Waals surface area contributed by atoms with Gasteiger partial charge in [-0.3, -0.25) is 39.1 Å². The lowest BCUT2D eigenvalue weighted by molar-refractivity contribution is -0.0377. The van der Waals surface area contributed by atoms with Crippen molar-refractivity contribution < 1.29 is 13.6 Å². The average Bonchev–Trinajstić information content (AvgIpc) is 3.46. The minimum atomic E-state index is -0.290. The van der Waals surface area contributed by atoms with Crippen molar-refractivity contribution in [3.05, 3.63) is 191 Å². The zero-order valence-corrected chi connectivity index (χ0v) is 47.2. The van der Waals surface area contributed by atoms with Gasteiger partial charge in [0.15, 0.2) is 11.6 Å². The average molecular weight is 1130 g/mol. The molecule has 2 amide bonds. The molecule has 8 aromatic heterocycles. The number of imidazole rings is 2. The number of nitrogens with zero attached hydrogens (tertiary/aromatic N) is 16. The summed E-state index contributed by atoms with van der Waals surface area (Å²) in [5, 5.41) is 9.95. The van der Waals surface area contributed by atoms with Gasteiger partial charge in [0.25, 0.3) is 0 Å². The Morgan fingerprint density at radius 2 is 0.988 bits per heavy atom. The molecule has 84 heavy (non-hydrogen) atoms. The second kappa shape index (κ2) is 21.9. The maximum atomic E-state index is 15.2. The number of amides is 2. The number of likely N-dealkylation sites (N-methyl/N-ethyl adjacent to an activating group) is 2. The molecule has 0 saturated carbocycles. The van der Waals surface area contributed by atoms with Gasteiger partial charge in [-0.2, -0.15) is 10.2 Å². The highest BCUT2D eigenvalue weighted by Crippen LogP contribution is 2.37. The maximum Gasteiger partial charge on any atom is 0.322 e. The van der Waals surface area contributed by atoms with Crippen LogP contribution < -0.4 is 0 Å². The van der Waals surface area contributed by atoms with Crippen LogP contribution in [-0.2, 0) is 39.3 Å². The van der Waals surface area contributed by atoms with Gasteiger partial charge in [0, 0.05) is 113 Å². The third-order valence-electron chi connectivity index (χ3n) is 16.5. The van der Waals surface area contributed by atoms with Crippen LogP contribution in [0.15, 0.2) is 134 Å². The van der Waals surface area contributed by atoms with E-state index < -0.39 is 0 Å². The van der Waals surface area contributed by atoms with E-state index in [9.17, 15) is 8.78 Å². The third kappa shape index (κ3) is 10.5. The highest BCUT2D eigenvalue weighted by atomic mass is 19.1. The number of aromatic nitrogens is 12. The molecule has 0 spiro atoms. The molecule has 424 valence electrons. The molecule has 2 unspecified atom stereocenters. The van der Waals surface area contributed by atoms with Crippen LogP contribution in [0.4, 0.5) is 13.6 Å². The number of halogens is 2. The Morgan fingerprint density at radius 3 is 1.42 bits per heavy atom. The second-order valence-corrected chi connectivity index (χ2v) is 22.6. The largest absolute Gasteiger partial charge is 0.339 e. The molecule has 2 saturated heterocycles. The summed E-state index contributed by atoms with van der Waals surface area (Å²) in [5.41, 5.74) is 15.1. The Labute approximate surface area is 484 Å². The molecule has 19 nitrogen and oxygen atoms in total. The topological polar surface area (TPSA) is 181 Å². The number of aryl methyl sites for hydroxylation is 2. The normalized spacial score (nSPS) is 17.8. The van der Waals surface area contributed by atoms with E-state index in [0.717, 1.165) is 103 Å². The lowest BCUT2D eigenvalue weighted by atomic mass is 10.0. The zero-order valence-electron chi connectivity index (χ0n) is 47.2. The Morgan fingerprint density at radius 1 is 0.536 bits per heavy atom. The van der Waals surface area contributed by atoms with Gasteiger partial charge in [0.05, 0.1) is 47.3 Å². The van der Waals surface area contributed by atoms with Gasteiger partial charge in [0.2, 0.25) is 0 Å². The Kier molecular flexibility index (Phi) is 13.8. The Balaban J connectivity index is 0.671. The molecule has 12 heterocycles. The molecule has 0 radical (unpaired) electrons. The van der Waals surface area contributed by atoms with Crippen LogP contribution in [0.5, 0.6) is 0 Å². The van der Waals surface area contributed by atoms with E-state index in [-0.39, 0.29) is 30.0 Å². The highest BCUT2D eigenvalue weighted by Gasteiger charge is 2.44. The summed E-state index contributed by atoms with van der Waals surface area (Å²) < 4.78 is 32.1. The number of urea groups is 1. The molecule has 4 aliphatic heterocycles. The SMILES string of the molecule is Cc1cccc(-c2nn(Cc3cccc(F)c3)cc2-c2ccnc(-c3nc4c([nH]3)CN(C3CN(C)CCN3C(=O)N3CCN(C)CC3N3Cc5nc(-c6cc(-c7cn(Cc8cccc(F)c8)nc7-c7cccc(C)n7)ccn6)[nH]c5C3)C4)c2)n1. The minimum Gasteiger partial charge on any atom is -0.339 e. The molecule has 14 rings (SSSR count). The van der Waals surface area contributed by atoms with Gasteiger partial charge in [-0.05, 0) is 123 Å². The van der Waals surface area contributed by atoms with E-state index >= 15 is 4.79 Å². The van der Waals surface area contributed by atoms with E-state index in [1.165, 1.54) is 24.3 Å². The number of nitrogens with one attached hydrogen (secondary N) is 2. The smallest absolute Gasteiger partial charge is 0.322 e. The molecular formula is C63H62F2N18O. The fraction of sp³-hybridized carbons (Fsp3) is 0.286. The van der Waals surface area contributed by atoms with Crippen LogP contribution in [0.2, 0.25) is 0 Å². The predicted octanol–water partition coefficient (Wildman–Crippen LogP) is 8.70. The molecule has 10 aromatic rings. The first-order chi connectivity index (χ1) is 40.9. The van der Waals surface area contributed by atoms with Crippen molar-refractivity contribution in [2.75, 3.05) is 53.4 Å². The standard InChI is InChI=1S/C63H62F2N18O/c1-39-9-5-15-49(68-39)59-47(31-80(74-59)29-41-11-7-13-45(64)25-41)43-17-19-66-51(27-43)61-70-53-33-78(34-54(53)71-61)57-37-76(3)21-23-82(57)63(84)83-24-22-77(4)38-58(83)79-35-55-56(36-79)73-62(72-55)52-28-44(18-20-67-52)48-32-81(30-42-12-8-14-46(65)26-42)75-60(48)50-16-6-10-40(2)69-50/h5-20,25-28,31-32,57-58H,21-24,29-30,33-38H2,1-4H3,(H,70,71)(H,72,73). The van der Waals surface area contributed by atoms with Crippen LogP contribution in [0.25, 0.3) is 68.1 Å². The molecule has 0 bridgehead atoms. The number of rotatable bonds is 12. The van der Waals surface area contributed by atoms with Crippen LogP contribution in [-0.4, -0.2) is 161 Å². The summed E-state index contributed by atoms with van der Waals surface area (Å²) in [6.45, 7) is 11.2. The Bertz CT molecular complexity index is 3800. The number of hydrogen-bond donors (Lipinski definition) is 2. The van der Waals surface area contributed by atoms with Crippen LogP contribution >= 0.6 is 0 Å². The first kappa shape index (κ1) is 52.9. The fourth-order valence-electron chi connectivity index (χ4n) is 12.3. The number of piperazine rings is 2. The molecule has 2 fully saturated rings. The van der Waals surface area contributed by atoms with E-state index in [1.807, 2.05) is 108 Å². The summed E-state index contributed by atoms with van der Waals surface area (Å²) in [4.78, 5) is 65.5. The van der Waals surface area contributed by atoms with Gasteiger partial charge in [-0.15, -0.1) is 0 Å².